The fourth-order valence-electron chi connectivity index (χ4n) is 1.97. The van der Waals surface area contributed by atoms with E-state index in [4.69, 9.17) is 11.6 Å². The Labute approximate surface area is 124 Å². The maximum Gasteiger partial charge on any atom is 0.238 e. The minimum atomic E-state index is -0.0271. The van der Waals surface area contributed by atoms with Gasteiger partial charge in [-0.2, -0.15) is 0 Å². The predicted molar refractivity (Wildman–Crippen MR) is 82.9 cm³/mol. The largest absolute Gasteiger partial charge is 0.325 e. The van der Waals surface area contributed by atoms with Gasteiger partial charge < -0.3 is 5.32 Å². The Bertz CT molecular complexity index is 572. The molecule has 0 saturated heterocycles. The number of benzene rings is 2. The van der Waals surface area contributed by atoms with E-state index in [9.17, 15) is 4.79 Å². The Kier molecular flexibility index (Phi) is 5.16. The highest BCUT2D eigenvalue weighted by molar-refractivity contribution is 6.30. The van der Waals surface area contributed by atoms with Gasteiger partial charge in [0.15, 0.2) is 0 Å². The molecule has 0 bridgehead atoms. The van der Waals surface area contributed by atoms with Gasteiger partial charge in [-0.1, -0.05) is 41.9 Å². The second-order valence-corrected chi connectivity index (χ2v) is 5.15. The van der Waals surface area contributed by atoms with Crippen molar-refractivity contribution >= 4 is 23.2 Å². The van der Waals surface area contributed by atoms with E-state index < -0.39 is 0 Å². The molecule has 0 fully saturated rings. The second kappa shape index (κ2) is 7.08. The summed E-state index contributed by atoms with van der Waals surface area (Å²) in [5, 5.41) is 3.58. The maximum atomic E-state index is 11.9. The third kappa shape index (κ3) is 4.68. The first-order valence-electron chi connectivity index (χ1n) is 6.41. The van der Waals surface area contributed by atoms with Crippen molar-refractivity contribution in [2.45, 2.75) is 6.54 Å². The Morgan fingerprint density at radius 3 is 2.60 bits per heavy atom. The molecule has 0 aliphatic carbocycles. The molecule has 0 spiro atoms. The number of carbonyl (C=O) groups excluding carboxylic acids is 1. The van der Waals surface area contributed by atoms with Crippen molar-refractivity contribution < 1.29 is 4.79 Å². The van der Waals surface area contributed by atoms with Crippen LogP contribution in [0.4, 0.5) is 5.69 Å². The molecule has 104 valence electrons. The van der Waals surface area contributed by atoms with Gasteiger partial charge in [0, 0.05) is 17.3 Å². The predicted octanol–water partition coefficient (Wildman–Crippen LogP) is 3.41. The highest BCUT2D eigenvalue weighted by Gasteiger charge is 2.07. The van der Waals surface area contributed by atoms with Gasteiger partial charge in [-0.15, -0.1) is 0 Å². The molecule has 0 radical (unpaired) electrons. The number of para-hydroxylation sites is 1. The maximum absolute atomic E-state index is 11.9. The van der Waals surface area contributed by atoms with E-state index in [-0.39, 0.29) is 5.91 Å². The first-order chi connectivity index (χ1) is 9.63. The van der Waals surface area contributed by atoms with Gasteiger partial charge >= 0.3 is 0 Å². The molecule has 4 heteroatoms. The van der Waals surface area contributed by atoms with Crippen molar-refractivity contribution in [3.63, 3.8) is 0 Å². The molecule has 0 aromatic heterocycles. The Hall–Kier alpha value is -1.84. The number of nitrogens with one attached hydrogen (secondary N) is 1. The van der Waals surface area contributed by atoms with Crippen LogP contribution in [0.1, 0.15) is 5.56 Å². The molecule has 20 heavy (non-hydrogen) atoms. The van der Waals surface area contributed by atoms with Gasteiger partial charge in [-0.3, -0.25) is 9.69 Å². The van der Waals surface area contributed by atoms with Crippen molar-refractivity contribution in [2.75, 3.05) is 18.9 Å². The molecule has 0 saturated carbocycles. The van der Waals surface area contributed by atoms with Crippen LogP contribution >= 0.6 is 11.6 Å². The molecular weight excluding hydrogens is 272 g/mol. The van der Waals surface area contributed by atoms with E-state index in [0.29, 0.717) is 18.1 Å². The quantitative estimate of drug-likeness (QED) is 0.914. The minimum Gasteiger partial charge on any atom is -0.325 e. The number of carbonyl (C=O) groups is 1. The zero-order chi connectivity index (χ0) is 14.4. The van der Waals surface area contributed by atoms with Crippen molar-refractivity contribution in [1.29, 1.82) is 0 Å². The summed E-state index contributed by atoms with van der Waals surface area (Å²) >= 11 is 5.94. The zero-order valence-corrected chi connectivity index (χ0v) is 12.1. The fraction of sp³-hybridized carbons (Fsp3) is 0.188. The lowest BCUT2D eigenvalue weighted by atomic mass is 10.2. The number of rotatable bonds is 5. The van der Waals surface area contributed by atoms with E-state index >= 15 is 0 Å². The monoisotopic (exact) mass is 288 g/mol. The van der Waals surface area contributed by atoms with Crippen LogP contribution in [0.15, 0.2) is 54.6 Å². The molecule has 3 nitrogen and oxygen atoms in total. The lowest BCUT2D eigenvalue weighted by Crippen LogP contribution is -2.29. The molecule has 1 N–H and O–H groups in total. The lowest BCUT2D eigenvalue weighted by Gasteiger charge is -2.16. The van der Waals surface area contributed by atoms with Gasteiger partial charge in [0.1, 0.15) is 0 Å². The number of halogens is 1. The molecule has 2 aromatic carbocycles. The molecule has 0 heterocycles. The highest BCUT2D eigenvalue weighted by Crippen LogP contribution is 2.12. The molecule has 1 amide bonds. The van der Waals surface area contributed by atoms with Crippen LogP contribution in [0.3, 0.4) is 0 Å². The van der Waals surface area contributed by atoms with Crippen LogP contribution in [-0.4, -0.2) is 24.4 Å². The van der Waals surface area contributed by atoms with Gasteiger partial charge in [0.05, 0.1) is 6.54 Å². The number of hydrogen-bond acceptors (Lipinski definition) is 2. The van der Waals surface area contributed by atoms with Gasteiger partial charge in [0.2, 0.25) is 5.91 Å². The van der Waals surface area contributed by atoms with Crippen LogP contribution in [0.2, 0.25) is 5.02 Å². The summed E-state index contributed by atoms with van der Waals surface area (Å²) in [6.07, 6.45) is 0. The van der Waals surface area contributed by atoms with Gasteiger partial charge in [-0.05, 0) is 36.9 Å². The Morgan fingerprint density at radius 2 is 1.90 bits per heavy atom. The summed E-state index contributed by atoms with van der Waals surface area (Å²) in [6.45, 7) is 1.02. The summed E-state index contributed by atoms with van der Waals surface area (Å²) in [6, 6.07) is 17.1. The molecule has 0 aliphatic heterocycles. The molecule has 0 unspecified atom stereocenters. The topological polar surface area (TPSA) is 32.3 Å². The highest BCUT2D eigenvalue weighted by atomic mass is 35.5. The first-order valence-corrected chi connectivity index (χ1v) is 6.79. The average Bonchev–Trinajstić information content (AvgIpc) is 2.39. The first kappa shape index (κ1) is 14.6. The number of amides is 1. The van der Waals surface area contributed by atoms with E-state index in [1.165, 1.54) is 0 Å². The van der Waals surface area contributed by atoms with Crippen molar-refractivity contribution in [3.05, 3.63) is 65.2 Å². The normalized spacial score (nSPS) is 10.6. The summed E-state index contributed by atoms with van der Waals surface area (Å²) in [7, 11) is 1.91. The fourth-order valence-corrected chi connectivity index (χ4v) is 2.18. The van der Waals surface area contributed by atoms with Crippen molar-refractivity contribution in [3.8, 4) is 0 Å². The smallest absolute Gasteiger partial charge is 0.238 e. The number of likely N-dealkylation sites (N-methyl/N-ethyl adjacent to an activating group) is 1. The van der Waals surface area contributed by atoms with Crippen LogP contribution in [0.25, 0.3) is 0 Å². The van der Waals surface area contributed by atoms with E-state index in [1.807, 2.05) is 66.5 Å². The van der Waals surface area contributed by atoms with Crippen molar-refractivity contribution in [2.24, 2.45) is 0 Å². The van der Waals surface area contributed by atoms with E-state index in [2.05, 4.69) is 5.32 Å². The van der Waals surface area contributed by atoms with E-state index in [1.54, 1.807) is 0 Å². The van der Waals surface area contributed by atoms with E-state index in [0.717, 1.165) is 11.3 Å². The molecule has 2 aromatic rings. The standard InChI is InChI=1S/C16H17ClN2O/c1-19(11-13-6-5-7-14(17)10-13)12-16(20)18-15-8-3-2-4-9-15/h2-10H,11-12H2,1H3,(H,18,20). The van der Waals surface area contributed by atoms with Crippen LogP contribution in [0.5, 0.6) is 0 Å². The molecule has 2 rings (SSSR count). The minimum absolute atomic E-state index is 0.0271. The number of anilines is 1. The average molecular weight is 289 g/mol. The molecular formula is C16H17ClN2O. The molecule has 0 atom stereocenters. The number of nitrogens with zero attached hydrogens (tertiary/aromatic N) is 1. The summed E-state index contributed by atoms with van der Waals surface area (Å²) in [5.74, 6) is -0.0271. The van der Waals surface area contributed by atoms with Crippen LogP contribution in [-0.2, 0) is 11.3 Å². The Morgan fingerprint density at radius 1 is 1.15 bits per heavy atom. The van der Waals surface area contributed by atoms with Crippen molar-refractivity contribution in [1.82, 2.24) is 4.90 Å². The van der Waals surface area contributed by atoms with Crippen LogP contribution < -0.4 is 5.32 Å². The summed E-state index contributed by atoms with van der Waals surface area (Å²) in [5.41, 5.74) is 1.90. The van der Waals surface area contributed by atoms with Crippen LogP contribution in [0, 0.1) is 0 Å². The summed E-state index contributed by atoms with van der Waals surface area (Å²) < 4.78 is 0. The molecule has 0 aliphatic rings. The third-order valence-electron chi connectivity index (χ3n) is 2.81. The lowest BCUT2D eigenvalue weighted by molar-refractivity contribution is -0.117. The zero-order valence-electron chi connectivity index (χ0n) is 11.3. The Balaban J connectivity index is 1.85. The SMILES string of the molecule is CN(CC(=O)Nc1ccccc1)Cc1cccc(Cl)c1. The summed E-state index contributed by atoms with van der Waals surface area (Å²) in [4.78, 5) is 13.8. The number of hydrogen-bond donors (Lipinski definition) is 1. The second-order valence-electron chi connectivity index (χ2n) is 4.72. The van der Waals surface area contributed by atoms with Gasteiger partial charge in [-0.25, -0.2) is 0 Å². The van der Waals surface area contributed by atoms with Gasteiger partial charge in [0.25, 0.3) is 0 Å². The third-order valence-corrected chi connectivity index (χ3v) is 3.05.